The summed E-state index contributed by atoms with van der Waals surface area (Å²) >= 11 is 0. The van der Waals surface area contributed by atoms with E-state index in [0.29, 0.717) is 0 Å². The minimum atomic E-state index is -0.672. The number of halogens is 1. The Morgan fingerprint density at radius 2 is 1.41 bits per heavy atom. The summed E-state index contributed by atoms with van der Waals surface area (Å²) in [6, 6.07) is 37.8. The Morgan fingerprint density at radius 3 is 2.09 bits per heavy atom. The number of hydrogen-bond donors (Lipinski definition) is 0. The predicted molar refractivity (Wildman–Crippen MR) is 180 cm³/mol. The molecule has 3 aromatic carbocycles. The van der Waals surface area contributed by atoms with Crippen molar-refractivity contribution in [3.8, 4) is 33.8 Å². The van der Waals surface area contributed by atoms with E-state index < -0.39 is 5.54 Å². The van der Waals surface area contributed by atoms with E-state index in [1.807, 2.05) is 42.6 Å². The van der Waals surface area contributed by atoms with Crippen LogP contribution in [-0.4, -0.2) is 24.1 Å². The molecule has 4 aromatic heterocycles. The van der Waals surface area contributed by atoms with Gasteiger partial charge < -0.3 is 0 Å². The lowest BCUT2D eigenvalue weighted by molar-refractivity contribution is 0.293. The summed E-state index contributed by atoms with van der Waals surface area (Å²) in [5, 5.41) is 5.43. The SMILES string of the molecule is Fc1ccc(-c2nn(C(c3ccccc3)(c3ccccc3)C3C=CC=CC3)cc2-c2ccc3ncc(-c4ccccn4)n3c2)cc1. The third-order valence-electron chi connectivity index (χ3n) is 8.88. The highest BCUT2D eigenvalue weighted by Crippen LogP contribution is 2.46. The molecule has 6 heteroatoms. The maximum Gasteiger partial charge on any atom is 0.137 e. The number of allylic oxidation sites excluding steroid dienone is 4. The Labute approximate surface area is 266 Å². The molecule has 0 fully saturated rings. The number of hydrogen-bond acceptors (Lipinski definition) is 3. The highest BCUT2D eigenvalue weighted by molar-refractivity contribution is 5.81. The standard InChI is InChI=1S/C40H30FN5/c41-34-22-19-29(20-23-34)39-35(30-21-24-38-43-26-37(45(38)27-30)36-18-10-11-25-42-36)28-46(44-39)40(31-12-4-1-5-13-31,32-14-6-2-7-15-32)33-16-8-3-9-17-33/h1-16,18-28,33H,17H2. The van der Waals surface area contributed by atoms with Gasteiger partial charge in [-0.05, 0) is 66.1 Å². The number of aromatic nitrogens is 5. The van der Waals surface area contributed by atoms with E-state index in [4.69, 9.17) is 5.10 Å². The van der Waals surface area contributed by atoms with E-state index in [9.17, 15) is 4.39 Å². The maximum atomic E-state index is 14.2. The second-order valence-electron chi connectivity index (χ2n) is 11.5. The van der Waals surface area contributed by atoms with Crippen LogP contribution in [0, 0.1) is 11.7 Å². The van der Waals surface area contributed by atoms with E-state index in [0.717, 1.165) is 57.0 Å². The molecule has 8 rings (SSSR count). The van der Waals surface area contributed by atoms with E-state index in [-0.39, 0.29) is 11.7 Å². The molecule has 1 unspecified atom stereocenters. The molecule has 0 radical (unpaired) electrons. The van der Waals surface area contributed by atoms with Crippen LogP contribution in [0.15, 0.2) is 164 Å². The monoisotopic (exact) mass is 599 g/mol. The van der Waals surface area contributed by atoms with Crippen molar-refractivity contribution in [1.29, 1.82) is 0 Å². The third kappa shape index (κ3) is 4.66. The van der Waals surface area contributed by atoms with Gasteiger partial charge in [0.15, 0.2) is 0 Å². The van der Waals surface area contributed by atoms with Crippen LogP contribution in [-0.2, 0) is 5.54 Å². The van der Waals surface area contributed by atoms with Crippen molar-refractivity contribution in [3.05, 3.63) is 181 Å². The van der Waals surface area contributed by atoms with Crippen LogP contribution in [0.25, 0.3) is 39.4 Å². The molecule has 1 aliphatic carbocycles. The zero-order valence-corrected chi connectivity index (χ0v) is 25.0. The first-order chi connectivity index (χ1) is 22.7. The van der Waals surface area contributed by atoms with Crippen molar-refractivity contribution >= 4 is 5.65 Å². The van der Waals surface area contributed by atoms with E-state index in [1.165, 1.54) is 12.1 Å². The summed E-state index contributed by atoms with van der Waals surface area (Å²) in [4.78, 5) is 9.23. The van der Waals surface area contributed by atoms with Crippen molar-refractivity contribution < 1.29 is 4.39 Å². The van der Waals surface area contributed by atoms with Gasteiger partial charge >= 0.3 is 0 Å². The van der Waals surface area contributed by atoms with Gasteiger partial charge in [0.1, 0.15) is 22.7 Å². The minimum Gasteiger partial charge on any atom is -0.298 e. The molecule has 222 valence electrons. The normalized spacial score (nSPS) is 14.6. The Kier molecular flexibility index (Phi) is 6.95. The second kappa shape index (κ2) is 11.6. The van der Waals surface area contributed by atoms with Crippen LogP contribution >= 0.6 is 0 Å². The van der Waals surface area contributed by atoms with E-state index in [2.05, 4.69) is 110 Å². The summed E-state index contributed by atoms with van der Waals surface area (Å²) in [6.45, 7) is 0. The number of pyridine rings is 2. The minimum absolute atomic E-state index is 0.0722. The Hall–Kier alpha value is -5.88. The molecular formula is C40H30FN5. The van der Waals surface area contributed by atoms with E-state index in [1.54, 1.807) is 18.3 Å². The highest BCUT2D eigenvalue weighted by Gasteiger charge is 2.44. The number of benzene rings is 3. The Balaban J connectivity index is 1.41. The molecule has 0 saturated carbocycles. The first-order valence-electron chi connectivity index (χ1n) is 15.4. The fourth-order valence-corrected chi connectivity index (χ4v) is 6.73. The zero-order valence-electron chi connectivity index (χ0n) is 25.0. The van der Waals surface area contributed by atoms with Crippen LogP contribution in [0.5, 0.6) is 0 Å². The zero-order chi connectivity index (χ0) is 30.9. The van der Waals surface area contributed by atoms with Gasteiger partial charge in [-0.1, -0.05) is 91.0 Å². The molecule has 0 N–H and O–H groups in total. The summed E-state index contributed by atoms with van der Waals surface area (Å²) in [6.07, 6.45) is 17.5. The molecule has 0 aliphatic heterocycles. The van der Waals surface area contributed by atoms with Gasteiger partial charge in [0.2, 0.25) is 0 Å². The van der Waals surface area contributed by atoms with Crippen molar-refractivity contribution in [2.45, 2.75) is 12.0 Å². The van der Waals surface area contributed by atoms with Gasteiger partial charge in [0.25, 0.3) is 0 Å². The molecule has 1 atom stereocenters. The van der Waals surface area contributed by atoms with Gasteiger partial charge in [0, 0.05) is 41.2 Å². The lowest BCUT2D eigenvalue weighted by atomic mass is 9.70. The number of fused-ring (bicyclic) bond motifs is 1. The molecule has 0 amide bonds. The Bertz CT molecular complexity index is 2140. The summed E-state index contributed by atoms with van der Waals surface area (Å²) < 4.78 is 18.4. The molecular weight excluding hydrogens is 569 g/mol. The molecule has 0 spiro atoms. The van der Waals surface area contributed by atoms with Gasteiger partial charge in [-0.2, -0.15) is 5.10 Å². The number of imidazole rings is 1. The molecule has 0 saturated heterocycles. The van der Waals surface area contributed by atoms with Gasteiger partial charge in [-0.3, -0.25) is 14.1 Å². The lowest BCUT2D eigenvalue weighted by Crippen LogP contribution is -2.43. The predicted octanol–water partition coefficient (Wildman–Crippen LogP) is 8.99. The van der Waals surface area contributed by atoms with Crippen LogP contribution < -0.4 is 0 Å². The van der Waals surface area contributed by atoms with E-state index >= 15 is 0 Å². The average Bonchev–Trinajstić information content (AvgIpc) is 3.76. The molecule has 4 heterocycles. The van der Waals surface area contributed by atoms with Crippen molar-refractivity contribution in [2.24, 2.45) is 5.92 Å². The van der Waals surface area contributed by atoms with Crippen molar-refractivity contribution in [1.82, 2.24) is 24.1 Å². The topological polar surface area (TPSA) is 48.0 Å². The van der Waals surface area contributed by atoms with Crippen molar-refractivity contribution in [2.75, 3.05) is 0 Å². The quantitative estimate of drug-likeness (QED) is 0.184. The molecule has 7 aromatic rings. The highest BCUT2D eigenvalue weighted by atomic mass is 19.1. The summed E-state index contributed by atoms with van der Waals surface area (Å²) in [7, 11) is 0. The first-order valence-corrected chi connectivity index (χ1v) is 15.4. The van der Waals surface area contributed by atoms with Gasteiger partial charge in [-0.25, -0.2) is 9.37 Å². The third-order valence-corrected chi connectivity index (χ3v) is 8.88. The lowest BCUT2D eigenvalue weighted by Gasteiger charge is -2.41. The summed E-state index contributed by atoms with van der Waals surface area (Å²) in [5.41, 5.74) is 7.65. The van der Waals surface area contributed by atoms with Gasteiger partial charge in [0.05, 0.1) is 17.6 Å². The molecule has 1 aliphatic rings. The Morgan fingerprint density at radius 1 is 0.696 bits per heavy atom. The van der Waals surface area contributed by atoms with Crippen molar-refractivity contribution in [3.63, 3.8) is 0 Å². The first kappa shape index (κ1) is 27.7. The van der Waals surface area contributed by atoms with Crippen LogP contribution in [0.2, 0.25) is 0 Å². The van der Waals surface area contributed by atoms with Crippen LogP contribution in [0.3, 0.4) is 0 Å². The number of rotatable bonds is 7. The molecule has 0 bridgehead atoms. The maximum absolute atomic E-state index is 14.2. The fourth-order valence-electron chi connectivity index (χ4n) is 6.73. The smallest absolute Gasteiger partial charge is 0.137 e. The molecule has 46 heavy (non-hydrogen) atoms. The largest absolute Gasteiger partial charge is 0.298 e. The fraction of sp³-hybridized carbons (Fsp3) is 0.0750. The average molecular weight is 600 g/mol. The number of nitrogens with zero attached hydrogens (tertiary/aromatic N) is 5. The summed E-state index contributed by atoms with van der Waals surface area (Å²) in [5.74, 6) is -0.213. The van der Waals surface area contributed by atoms with Crippen LogP contribution in [0.4, 0.5) is 4.39 Å². The van der Waals surface area contributed by atoms with Crippen LogP contribution in [0.1, 0.15) is 17.5 Å². The van der Waals surface area contributed by atoms with Gasteiger partial charge in [-0.15, -0.1) is 0 Å². The molecule has 5 nitrogen and oxygen atoms in total. The second-order valence-corrected chi connectivity index (χ2v) is 11.5.